The molecule has 1 aromatic heterocycles. The van der Waals surface area contributed by atoms with E-state index in [2.05, 4.69) is 46.5 Å². The predicted octanol–water partition coefficient (Wildman–Crippen LogP) is 3.07. The maximum Gasteiger partial charge on any atom is 0.180 e. The number of thiazole rings is 1. The van der Waals surface area contributed by atoms with Crippen LogP contribution in [-0.2, 0) is 13.0 Å². The van der Waals surface area contributed by atoms with E-state index in [0.29, 0.717) is 11.2 Å². The third-order valence-electron chi connectivity index (χ3n) is 3.57. The van der Waals surface area contributed by atoms with Crippen LogP contribution in [0.2, 0.25) is 0 Å². The lowest BCUT2D eigenvalue weighted by molar-refractivity contribution is 0.557. The number of nitrogens with two attached hydrogens (primary N) is 1. The van der Waals surface area contributed by atoms with E-state index in [-0.39, 0.29) is 0 Å². The Morgan fingerprint density at radius 2 is 2.28 bits per heavy atom. The molecule has 0 aliphatic carbocycles. The number of para-hydroxylation sites is 1. The molecule has 2 aromatic rings. The van der Waals surface area contributed by atoms with Crippen LogP contribution in [0, 0.1) is 0 Å². The highest BCUT2D eigenvalue weighted by Crippen LogP contribution is 2.31. The molecule has 1 aliphatic rings. The van der Waals surface area contributed by atoms with Gasteiger partial charge in [0.15, 0.2) is 5.13 Å². The van der Waals surface area contributed by atoms with Crippen molar-refractivity contribution in [2.75, 3.05) is 10.6 Å². The number of aromatic nitrogens is 1. The lowest BCUT2D eigenvalue weighted by Crippen LogP contribution is -2.36. The Bertz CT molecular complexity index is 549. The minimum Gasteiger partial charge on any atom is -0.375 e. The number of nitrogens with zero attached hydrogens (tertiary/aromatic N) is 2. The summed E-state index contributed by atoms with van der Waals surface area (Å²) in [4.78, 5) is 6.80. The molecule has 0 saturated heterocycles. The smallest absolute Gasteiger partial charge is 0.180 e. The van der Waals surface area contributed by atoms with Crippen LogP contribution >= 0.6 is 11.3 Å². The Labute approximate surface area is 111 Å². The van der Waals surface area contributed by atoms with Crippen molar-refractivity contribution >= 4 is 22.2 Å². The van der Waals surface area contributed by atoms with Crippen LogP contribution in [-0.4, -0.2) is 11.0 Å². The molecule has 1 aliphatic heterocycles. The Morgan fingerprint density at radius 3 is 3.06 bits per heavy atom. The fraction of sp³-hybridized carbons (Fsp3) is 0.357. The SMILES string of the molecule is CC1CCc2ccccc2N1Cc1csc(N)n1. The molecule has 1 aromatic carbocycles. The van der Waals surface area contributed by atoms with Gasteiger partial charge in [-0.15, -0.1) is 11.3 Å². The third-order valence-corrected chi connectivity index (χ3v) is 4.29. The molecule has 94 valence electrons. The van der Waals surface area contributed by atoms with Gasteiger partial charge in [-0.3, -0.25) is 0 Å². The van der Waals surface area contributed by atoms with E-state index in [0.717, 1.165) is 12.2 Å². The van der Waals surface area contributed by atoms with Crippen molar-refractivity contribution in [2.24, 2.45) is 0 Å². The largest absolute Gasteiger partial charge is 0.375 e. The molecule has 4 heteroatoms. The summed E-state index contributed by atoms with van der Waals surface area (Å²) < 4.78 is 0. The highest BCUT2D eigenvalue weighted by atomic mass is 32.1. The number of fused-ring (bicyclic) bond motifs is 1. The molecule has 0 bridgehead atoms. The molecule has 0 spiro atoms. The lowest BCUT2D eigenvalue weighted by Gasteiger charge is -2.36. The molecule has 0 fully saturated rings. The predicted molar refractivity (Wildman–Crippen MR) is 76.9 cm³/mol. The topological polar surface area (TPSA) is 42.1 Å². The molecule has 0 saturated carbocycles. The summed E-state index contributed by atoms with van der Waals surface area (Å²) in [5.74, 6) is 0. The number of anilines is 2. The Kier molecular flexibility index (Phi) is 2.96. The summed E-state index contributed by atoms with van der Waals surface area (Å²) in [6.07, 6.45) is 2.38. The van der Waals surface area contributed by atoms with Crippen molar-refractivity contribution in [3.63, 3.8) is 0 Å². The van der Waals surface area contributed by atoms with Crippen molar-refractivity contribution in [1.29, 1.82) is 0 Å². The fourth-order valence-electron chi connectivity index (χ4n) is 2.57. The van der Waals surface area contributed by atoms with Gasteiger partial charge in [0.25, 0.3) is 0 Å². The second-order valence-electron chi connectivity index (χ2n) is 4.82. The molecule has 3 nitrogen and oxygen atoms in total. The van der Waals surface area contributed by atoms with Crippen LogP contribution in [0.1, 0.15) is 24.6 Å². The Hall–Kier alpha value is -1.55. The van der Waals surface area contributed by atoms with Crippen molar-refractivity contribution < 1.29 is 0 Å². The Balaban J connectivity index is 1.91. The summed E-state index contributed by atoms with van der Waals surface area (Å²) >= 11 is 1.52. The van der Waals surface area contributed by atoms with E-state index < -0.39 is 0 Å². The number of nitrogen functional groups attached to an aromatic ring is 1. The molecule has 2 N–H and O–H groups in total. The normalized spacial score (nSPS) is 18.7. The molecule has 1 atom stereocenters. The monoisotopic (exact) mass is 259 g/mol. The average molecular weight is 259 g/mol. The quantitative estimate of drug-likeness (QED) is 0.901. The van der Waals surface area contributed by atoms with Crippen molar-refractivity contribution in [3.05, 3.63) is 40.9 Å². The number of hydrogen-bond donors (Lipinski definition) is 1. The zero-order chi connectivity index (χ0) is 12.5. The summed E-state index contributed by atoms with van der Waals surface area (Å²) in [7, 11) is 0. The van der Waals surface area contributed by atoms with Gasteiger partial charge in [0, 0.05) is 17.1 Å². The molecule has 1 unspecified atom stereocenters. The fourth-order valence-corrected chi connectivity index (χ4v) is 3.12. The summed E-state index contributed by atoms with van der Waals surface area (Å²) in [5.41, 5.74) is 9.57. The van der Waals surface area contributed by atoms with Gasteiger partial charge in [0.2, 0.25) is 0 Å². The van der Waals surface area contributed by atoms with E-state index in [1.54, 1.807) is 0 Å². The third kappa shape index (κ3) is 2.08. The van der Waals surface area contributed by atoms with E-state index in [1.807, 2.05) is 0 Å². The highest BCUT2D eigenvalue weighted by Gasteiger charge is 2.23. The van der Waals surface area contributed by atoms with Crippen LogP contribution in [0.4, 0.5) is 10.8 Å². The second-order valence-corrected chi connectivity index (χ2v) is 5.71. The van der Waals surface area contributed by atoms with Gasteiger partial charge in [-0.1, -0.05) is 18.2 Å². The van der Waals surface area contributed by atoms with Gasteiger partial charge in [0.05, 0.1) is 12.2 Å². The number of hydrogen-bond acceptors (Lipinski definition) is 4. The molecular formula is C14H17N3S. The lowest BCUT2D eigenvalue weighted by atomic mass is 9.96. The minimum atomic E-state index is 0.558. The van der Waals surface area contributed by atoms with Crippen LogP contribution in [0.5, 0.6) is 0 Å². The van der Waals surface area contributed by atoms with Gasteiger partial charge in [-0.05, 0) is 31.4 Å². The van der Waals surface area contributed by atoms with Crippen molar-refractivity contribution in [1.82, 2.24) is 4.98 Å². The average Bonchev–Trinajstić information content (AvgIpc) is 2.79. The second kappa shape index (κ2) is 4.61. The van der Waals surface area contributed by atoms with Crippen LogP contribution < -0.4 is 10.6 Å². The summed E-state index contributed by atoms with van der Waals surface area (Å²) in [6.45, 7) is 3.14. The maximum absolute atomic E-state index is 5.70. The molecule has 0 amide bonds. The zero-order valence-electron chi connectivity index (χ0n) is 10.5. The Morgan fingerprint density at radius 1 is 1.44 bits per heavy atom. The van der Waals surface area contributed by atoms with E-state index >= 15 is 0 Å². The molecular weight excluding hydrogens is 242 g/mol. The first-order valence-electron chi connectivity index (χ1n) is 6.28. The first kappa shape index (κ1) is 11.5. The highest BCUT2D eigenvalue weighted by molar-refractivity contribution is 7.13. The first-order valence-corrected chi connectivity index (χ1v) is 7.16. The standard InChI is InChI=1S/C14H17N3S/c1-10-6-7-11-4-2-3-5-13(11)17(10)8-12-9-18-14(15)16-12/h2-5,9-10H,6-8H2,1H3,(H2,15,16). The number of benzene rings is 1. The summed E-state index contributed by atoms with van der Waals surface area (Å²) in [6, 6.07) is 9.22. The van der Waals surface area contributed by atoms with Gasteiger partial charge in [0.1, 0.15) is 0 Å². The number of rotatable bonds is 2. The minimum absolute atomic E-state index is 0.558. The van der Waals surface area contributed by atoms with Crippen molar-refractivity contribution in [2.45, 2.75) is 32.4 Å². The van der Waals surface area contributed by atoms with Crippen LogP contribution in [0.15, 0.2) is 29.6 Å². The van der Waals surface area contributed by atoms with E-state index in [9.17, 15) is 0 Å². The number of aryl methyl sites for hydroxylation is 1. The van der Waals surface area contributed by atoms with E-state index in [1.165, 1.54) is 35.4 Å². The van der Waals surface area contributed by atoms with Gasteiger partial charge in [-0.25, -0.2) is 4.98 Å². The van der Waals surface area contributed by atoms with Crippen LogP contribution in [0.25, 0.3) is 0 Å². The molecule has 18 heavy (non-hydrogen) atoms. The van der Waals surface area contributed by atoms with Crippen molar-refractivity contribution in [3.8, 4) is 0 Å². The maximum atomic E-state index is 5.70. The van der Waals surface area contributed by atoms with Crippen LogP contribution in [0.3, 0.4) is 0 Å². The van der Waals surface area contributed by atoms with Gasteiger partial charge < -0.3 is 10.6 Å². The molecule has 0 radical (unpaired) electrons. The van der Waals surface area contributed by atoms with Gasteiger partial charge >= 0.3 is 0 Å². The summed E-state index contributed by atoms with van der Waals surface area (Å²) in [5, 5.41) is 2.71. The molecule has 3 rings (SSSR count). The molecule has 2 heterocycles. The van der Waals surface area contributed by atoms with Gasteiger partial charge in [-0.2, -0.15) is 0 Å². The first-order chi connectivity index (χ1) is 8.74. The van der Waals surface area contributed by atoms with E-state index in [4.69, 9.17) is 5.73 Å². The zero-order valence-corrected chi connectivity index (χ0v) is 11.3.